The van der Waals surface area contributed by atoms with Crippen LogP contribution in [-0.2, 0) is 9.16 Å². The molecule has 2 aliphatic heterocycles. The number of rotatable bonds is 3. The number of amides is 1. The smallest absolute Gasteiger partial charge is 0.413 e. The molecule has 0 bridgehead atoms. The number of hydrogen-bond acceptors (Lipinski definition) is 6. The van der Waals surface area contributed by atoms with Gasteiger partial charge in [-0.3, -0.25) is 9.89 Å². The number of aliphatic imine (C=N–C) groups is 1. The summed E-state index contributed by atoms with van der Waals surface area (Å²) < 4.78 is 26.5. The zero-order valence-corrected chi connectivity index (χ0v) is 17.2. The summed E-state index contributed by atoms with van der Waals surface area (Å²) >= 11 is 1.06. The van der Waals surface area contributed by atoms with Gasteiger partial charge in [0.1, 0.15) is 23.7 Å². The van der Waals surface area contributed by atoms with Crippen LogP contribution in [0.5, 0.6) is 0 Å². The molecule has 2 heterocycles. The Balaban J connectivity index is 2.04. The summed E-state index contributed by atoms with van der Waals surface area (Å²) in [5.74, 6) is 0. The zero-order valence-electron chi connectivity index (χ0n) is 15.4. The Morgan fingerprint density at radius 1 is 1.48 bits per heavy atom. The van der Waals surface area contributed by atoms with Gasteiger partial charge in [0, 0.05) is 7.05 Å². The number of alkyl halides is 1. The van der Waals surface area contributed by atoms with Gasteiger partial charge in [0.05, 0.1) is 6.61 Å². The van der Waals surface area contributed by atoms with Gasteiger partial charge >= 0.3 is 6.09 Å². The van der Waals surface area contributed by atoms with E-state index in [0.717, 1.165) is 16.7 Å². The fourth-order valence-corrected chi connectivity index (χ4v) is 4.46. The minimum absolute atomic E-state index is 0.00708. The third-order valence-corrected chi connectivity index (χ3v) is 10.8. The lowest BCUT2D eigenvalue weighted by molar-refractivity contribution is -0.143. The predicted octanol–water partition coefficient (Wildman–Crippen LogP) is 2.51. The van der Waals surface area contributed by atoms with E-state index in [1.54, 1.807) is 0 Å². The Morgan fingerprint density at radius 2 is 2.08 bits per heavy atom. The average Bonchev–Trinajstić information content (AvgIpc) is 2.91. The van der Waals surface area contributed by atoms with Gasteiger partial charge in [-0.1, -0.05) is 32.5 Å². The molecule has 0 saturated carbocycles. The number of thioether (sulfide) groups is 1. The van der Waals surface area contributed by atoms with Crippen LogP contribution in [0.4, 0.5) is 9.18 Å². The number of aliphatic hydroxyl groups is 1. The third kappa shape index (κ3) is 4.18. The van der Waals surface area contributed by atoms with Crippen molar-refractivity contribution in [2.45, 2.75) is 68.8 Å². The molecule has 0 aliphatic carbocycles. The van der Waals surface area contributed by atoms with Crippen LogP contribution in [0.15, 0.2) is 4.99 Å². The van der Waals surface area contributed by atoms with E-state index in [9.17, 15) is 14.3 Å². The molecule has 7 nitrogen and oxygen atoms in total. The second kappa shape index (κ2) is 7.14. The van der Waals surface area contributed by atoms with E-state index in [-0.39, 0.29) is 16.8 Å². The summed E-state index contributed by atoms with van der Waals surface area (Å²) in [5, 5.41) is 19.4. The zero-order chi connectivity index (χ0) is 19.2. The van der Waals surface area contributed by atoms with Crippen LogP contribution in [0.2, 0.25) is 18.1 Å². The van der Waals surface area contributed by atoms with Crippen LogP contribution in [0.25, 0.3) is 0 Å². The molecule has 2 aliphatic rings. The lowest BCUT2D eigenvalue weighted by Gasteiger charge is -2.41. The molecule has 2 rings (SSSR count). The summed E-state index contributed by atoms with van der Waals surface area (Å²) in [4.78, 5) is 16.0. The van der Waals surface area contributed by atoms with Crippen molar-refractivity contribution in [1.29, 1.82) is 0 Å². The average molecular weight is 395 g/mol. The first-order valence-corrected chi connectivity index (χ1v) is 12.0. The number of hydrogen-bond donors (Lipinski definition) is 2. The van der Waals surface area contributed by atoms with Crippen molar-refractivity contribution in [2.24, 2.45) is 4.99 Å². The minimum atomic E-state index is -2.06. The molecular weight excluding hydrogens is 367 g/mol. The molecule has 1 fully saturated rings. The lowest BCUT2D eigenvalue weighted by atomic mass is 10.0. The Bertz CT molecular complexity index is 557. The monoisotopic (exact) mass is 394 g/mol. The molecule has 144 valence electrons. The van der Waals surface area contributed by atoms with Crippen LogP contribution >= 0.6 is 11.8 Å². The first kappa shape index (κ1) is 20.6. The second-order valence-electron chi connectivity index (χ2n) is 7.91. The molecule has 1 amide bonds. The maximum absolute atomic E-state index is 14.6. The second-order valence-corrected chi connectivity index (χ2v) is 13.8. The standard InChI is InChI=1S/C15H27FN2O5SSi/c1-15(2,3)25(5,6)22-7-8-11(19)9(16)10-12(23-8)24-13(17-10)18(4)14(20)21/h8-12,19H,7H2,1-6H3,(H,20,21)/t8-,9-,10-,11-,12-/m1/s1. The van der Waals surface area contributed by atoms with Gasteiger partial charge in [-0.15, -0.1) is 0 Å². The Labute approximate surface area is 152 Å². The van der Waals surface area contributed by atoms with E-state index in [4.69, 9.17) is 14.3 Å². The van der Waals surface area contributed by atoms with E-state index in [1.165, 1.54) is 7.05 Å². The quantitative estimate of drug-likeness (QED) is 0.715. The van der Waals surface area contributed by atoms with Crippen molar-refractivity contribution in [3.8, 4) is 0 Å². The number of carboxylic acid groups (broad SMARTS) is 1. The van der Waals surface area contributed by atoms with Crippen molar-refractivity contribution < 1.29 is 28.6 Å². The fourth-order valence-electron chi connectivity index (χ4n) is 2.27. The van der Waals surface area contributed by atoms with Crippen LogP contribution in [0.1, 0.15) is 20.8 Å². The SMILES string of the molecule is CN(C(=O)O)C1=N[C@@H]2[C@@H](F)[C@H](O)[C@@H](CO[Si](C)(C)C(C)(C)C)O[C@@H]2S1. The van der Waals surface area contributed by atoms with Crippen molar-refractivity contribution in [3.63, 3.8) is 0 Å². The highest BCUT2D eigenvalue weighted by atomic mass is 32.2. The molecule has 0 radical (unpaired) electrons. The van der Waals surface area contributed by atoms with Crippen LogP contribution in [0, 0.1) is 0 Å². The number of fused-ring (bicyclic) bond motifs is 1. The molecule has 2 N–H and O–H groups in total. The Morgan fingerprint density at radius 3 is 2.60 bits per heavy atom. The molecule has 0 aromatic carbocycles. The highest BCUT2D eigenvalue weighted by molar-refractivity contribution is 8.14. The van der Waals surface area contributed by atoms with Gasteiger partial charge in [-0.2, -0.15) is 0 Å². The number of nitrogens with zero attached hydrogens (tertiary/aromatic N) is 2. The number of carbonyl (C=O) groups is 1. The molecule has 0 aromatic heterocycles. The van der Waals surface area contributed by atoms with E-state index in [1.807, 2.05) is 0 Å². The number of amidine groups is 1. The first-order chi connectivity index (χ1) is 11.3. The van der Waals surface area contributed by atoms with Crippen molar-refractivity contribution in [2.75, 3.05) is 13.7 Å². The maximum atomic E-state index is 14.6. The van der Waals surface area contributed by atoms with Crippen LogP contribution in [-0.4, -0.2) is 78.2 Å². The number of aliphatic hydroxyl groups excluding tert-OH is 1. The highest BCUT2D eigenvalue weighted by Crippen LogP contribution is 2.40. The molecular formula is C15H27FN2O5SSi. The Kier molecular flexibility index (Phi) is 5.89. The van der Waals surface area contributed by atoms with E-state index in [2.05, 4.69) is 38.9 Å². The van der Waals surface area contributed by atoms with Gasteiger partial charge in [0.2, 0.25) is 0 Å². The molecule has 25 heavy (non-hydrogen) atoms. The van der Waals surface area contributed by atoms with Crippen LogP contribution < -0.4 is 0 Å². The van der Waals surface area contributed by atoms with E-state index >= 15 is 0 Å². The number of ether oxygens (including phenoxy) is 1. The van der Waals surface area contributed by atoms with E-state index in [0.29, 0.717) is 0 Å². The predicted molar refractivity (Wildman–Crippen MR) is 97.3 cm³/mol. The first-order valence-electron chi connectivity index (χ1n) is 8.18. The molecule has 1 saturated heterocycles. The van der Waals surface area contributed by atoms with Gasteiger partial charge in [-0.25, -0.2) is 9.18 Å². The molecule has 10 heteroatoms. The molecule has 0 aromatic rings. The molecule has 0 spiro atoms. The van der Waals surface area contributed by atoms with Crippen molar-refractivity contribution in [3.05, 3.63) is 0 Å². The topological polar surface area (TPSA) is 91.6 Å². The summed E-state index contributed by atoms with van der Waals surface area (Å²) in [6.07, 6.45) is -4.97. The summed E-state index contributed by atoms with van der Waals surface area (Å²) in [7, 11) is -0.715. The van der Waals surface area contributed by atoms with E-state index < -0.39 is 44.3 Å². The van der Waals surface area contributed by atoms with Gasteiger partial charge in [-0.05, 0) is 18.1 Å². The lowest BCUT2D eigenvalue weighted by Crippen LogP contribution is -2.55. The normalized spacial score (nSPS) is 33.0. The van der Waals surface area contributed by atoms with Gasteiger partial charge < -0.3 is 19.4 Å². The fraction of sp³-hybridized carbons (Fsp3) is 0.867. The third-order valence-electron chi connectivity index (χ3n) is 5.09. The maximum Gasteiger partial charge on any atom is 0.413 e. The van der Waals surface area contributed by atoms with Crippen LogP contribution in [0.3, 0.4) is 0 Å². The molecule has 5 atom stereocenters. The Hall–Kier alpha value is -0.683. The molecule has 0 unspecified atom stereocenters. The largest absolute Gasteiger partial charge is 0.465 e. The summed E-state index contributed by atoms with van der Waals surface area (Å²) in [6, 6.07) is -0.916. The van der Waals surface area contributed by atoms with Gasteiger partial charge in [0.15, 0.2) is 19.7 Å². The van der Waals surface area contributed by atoms with Crippen molar-refractivity contribution >= 4 is 31.3 Å². The van der Waals surface area contributed by atoms with Gasteiger partial charge in [0.25, 0.3) is 0 Å². The number of halogens is 1. The highest BCUT2D eigenvalue weighted by Gasteiger charge is 2.51. The summed E-state index contributed by atoms with van der Waals surface area (Å²) in [5.41, 5.74) is -0.664. The van der Waals surface area contributed by atoms with Crippen molar-refractivity contribution in [1.82, 2.24) is 4.90 Å². The summed E-state index contributed by atoms with van der Waals surface area (Å²) in [6.45, 7) is 10.5. The minimum Gasteiger partial charge on any atom is -0.465 e.